The Morgan fingerprint density at radius 2 is 1.79 bits per heavy atom. The Labute approximate surface area is 248 Å². The van der Waals surface area contributed by atoms with Crippen LogP contribution in [0.5, 0.6) is 0 Å². The lowest BCUT2D eigenvalue weighted by atomic mass is 9.79. The van der Waals surface area contributed by atoms with Gasteiger partial charge in [-0.25, -0.2) is 4.98 Å². The topological polar surface area (TPSA) is 101 Å². The molecule has 2 aromatic heterocycles. The minimum Gasteiger partial charge on any atom is -0.388 e. The molecule has 2 aromatic carbocycles. The zero-order valence-corrected chi connectivity index (χ0v) is 24.3. The van der Waals surface area contributed by atoms with Crippen molar-refractivity contribution in [3.8, 4) is 5.69 Å². The van der Waals surface area contributed by atoms with Gasteiger partial charge in [0.05, 0.1) is 17.5 Å². The monoisotopic (exact) mass is 587 g/mol. The number of carbonyl (C=O) groups is 2. The molecule has 4 aromatic rings. The number of nitrogens with zero attached hydrogens (tertiary/aromatic N) is 5. The Hall–Kier alpha value is -3.95. The fourth-order valence-corrected chi connectivity index (χ4v) is 6.61. The number of carbonyl (C=O) groups excluding carboxylic acids is 2. The average molecular weight is 588 g/mol. The molecule has 0 radical (unpaired) electrons. The minimum atomic E-state index is -1.14. The first-order chi connectivity index (χ1) is 20.2. The van der Waals surface area contributed by atoms with Crippen LogP contribution in [-0.2, 0) is 16.1 Å². The maximum Gasteiger partial charge on any atom is 0.262 e. The van der Waals surface area contributed by atoms with Gasteiger partial charge in [-0.05, 0) is 49.1 Å². The van der Waals surface area contributed by atoms with Gasteiger partial charge < -0.3 is 19.5 Å². The summed E-state index contributed by atoms with van der Waals surface area (Å²) in [4.78, 5) is 47.5. The Kier molecular flexibility index (Phi) is 7.64. The highest BCUT2D eigenvalue weighted by molar-refractivity contribution is 6.30. The lowest BCUT2D eigenvalue weighted by Crippen LogP contribution is -2.53. The predicted octanol–water partition coefficient (Wildman–Crippen LogP) is 3.85. The first kappa shape index (κ1) is 28.2. The highest BCUT2D eigenvalue weighted by atomic mass is 35.5. The highest BCUT2D eigenvalue weighted by Gasteiger charge is 2.41. The van der Waals surface area contributed by atoms with Crippen LogP contribution in [0, 0.1) is 5.92 Å². The van der Waals surface area contributed by atoms with Gasteiger partial charge >= 0.3 is 0 Å². The quantitative estimate of drug-likeness (QED) is 0.382. The second kappa shape index (κ2) is 11.4. The van der Waals surface area contributed by atoms with E-state index in [2.05, 4.69) is 4.98 Å². The molecule has 0 spiro atoms. The van der Waals surface area contributed by atoms with E-state index in [1.54, 1.807) is 31.3 Å². The number of rotatable bonds is 5. The van der Waals surface area contributed by atoms with Gasteiger partial charge in [0.25, 0.3) is 5.56 Å². The molecule has 2 saturated heterocycles. The van der Waals surface area contributed by atoms with E-state index < -0.39 is 5.60 Å². The summed E-state index contributed by atoms with van der Waals surface area (Å²) in [6.45, 7) is 3.56. The van der Waals surface area contributed by atoms with E-state index in [0.29, 0.717) is 61.5 Å². The molecule has 6 rings (SSSR count). The van der Waals surface area contributed by atoms with E-state index in [0.717, 1.165) is 11.3 Å². The molecule has 0 saturated carbocycles. The number of piperidine rings is 2. The molecule has 2 fully saturated rings. The molecule has 2 atom stereocenters. The van der Waals surface area contributed by atoms with Crippen molar-refractivity contribution in [2.75, 3.05) is 26.2 Å². The van der Waals surface area contributed by atoms with E-state index in [9.17, 15) is 19.5 Å². The molecular formula is C32H34ClN5O4. The van der Waals surface area contributed by atoms with E-state index in [1.807, 2.05) is 56.8 Å². The van der Waals surface area contributed by atoms with Crippen molar-refractivity contribution >= 4 is 34.4 Å². The molecule has 2 aliphatic rings. The van der Waals surface area contributed by atoms with Crippen molar-refractivity contribution in [2.24, 2.45) is 5.92 Å². The van der Waals surface area contributed by atoms with Gasteiger partial charge in [0.1, 0.15) is 6.33 Å². The van der Waals surface area contributed by atoms with E-state index in [-0.39, 0.29) is 35.8 Å². The molecule has 42 heavy (non-hydrogen) atoms. The van der Waals surface area contributed by atoms with Crippen LogP contribution in [0.2, 0.25) is 5.02 Å². The Morgan fingerprint density at radius 1 is 1.02 bits per heavy atom. The Balaban J connectivity index is 1.15. The van der Waals surface area contributed by atoms with Crippen molar-refractivity contribution in [3.63, 3.8) is 0 Å². The zero-order chi connectivity index (χ0) is 29.4. The molecule has 218 valence electrons. The van der Waals surface area contributed by atoms with Crippen molar-refractivity contribution in [3.05, 3.63) is 94.1 Å². The standard InChI is InChI=1S/C32H34ClN5O4/c1-22(39)36-14-10-26(28(19-36)23-6-3-2-4-7-23)30(40)35-16-12-32(42,13-17-35)20-37-21-34-29-27(31(37)41)11-15-38(29)25-9-5-8-24(33)18-25/h2-9,11,15,18,21,26,28,42H,10,12-14,16-17,19-20H2,1H3/t26-,28+/m1/s1. The van der Waals surface area contributed by atoms with E-state index in [4.69, 9.17) is 11.6 Å². The molecule has 9 nitrogen and oxygen atoms in total. The number of hydrogen-bond donors (Lipinski definition) is 1. The number of amides is 2. The van der Waals surface area contributed by atoms with E-state index >= 15 is 0 Å². The number of halogens is 1. The van der Waals surface area contributed by atoms with Crippen LogP contribution in [0.1, 0.15) is 37.7 Å². The summed E-state index contributed by atoms with van der Waals surface area (Å²) >= 11 is 6.15. The van der Waals surface area contributed by atoms with Crippen LogP contribution in [-0.4, -0.2) is 72.6 Å². The summed E-state index contributed by atoms with van der Waals surface area (Å²) in [6.07, 6.45) is 4.59. The summed E-state index contributed by atoms with van der Waals surface area (Å²) < 4.78 is 3.28. The number of likely N-dealkylation sites (tertiary alicyclic amines) is 2. The zero-order valence-electron chi connectivity index (χ0n) is 23.5. The summed E-state index contributed by atoms with van der Waals surface area (Å²) in [5, 5.41) is 12.5. The van der Waals surface area contributed by atoms with E-state index in [1.165, 1.54) is 10.9 Å². The third-order valence-electron chi connectivity index (χ3n) is 8.83. The Bertz CT molecular complexity index is 1680. The molecule has 0 bridgehead atoms. The lowest BCUT2D eigenvalue weighted by Gasteiger charge is -2.43. The van der Waals surface area contributed by atoms with Gasteiger partial charge in [-0.2, -0.15) is 0 Å². The normalized spacial score (nSPS) is 20.5. The van der Waals surface area contributed by atoms with Crippen LogP contribution in [0.4, 0.5) is 0 Å². The second-order valence-corrected chi connectivity index (χ2v) is 11.9. The molecule has 2 aliphatic heterocycles. The van der Waals surface area contributed by atoms with Crippen LogP contribution in [0.15, 0.2) is 78.0 Å². The van der Waals surface area contributed by atoms with Crippen molar-refractivity contribution < 1.29 is 14.7 Å². The maximum atomic E-state index is 13.8. The molecule has 0 aliphatic carbocycles. The Morgan fingerprint density at radius 3 is 2.50 bits per heavy atom. The van der Waals surface area contributed by atoms with Gasteiger partial charge in [-0.1, -0.05) is 48.0 Å². The molecule has 4 heterocycles. The third kappa shape index (κ3) is 5.46. The van der Waals surface area contributed by atoms with Crippen molar-refractivity contribution in [1.29, 1.82) is 0 Å². The third-order valence-corrected chi connectivity index (χ3v) is 9.07. The largest absolute Gasteiger partial charge is 0.388 e. The first-order valence-electron chi connectivity index (χ1n) is 14.4. The van der Waals surface area contributed by atoms with Gasteiger partial charge in [-0.3, -0.25) is 19.0 Å². The summed E-state index contributed by atoms with van der Waals surface area (Å²) in [7, 11) is 0. The van der Waals surface area contributed by atoms with Gasteiger partial charge in [0, 0.05) is 61.8 Å². The summed E-state index contributed by atoms with van der Waals surface area (Å²) in [5.41, 5.74) is 1.02. The lowest BCUT2D eigenvalue weighted by molar-refractivity contribution is -0.145. The van der Waals surface area contributed by atoms with Crippen molar-refractivity contribution in [2.45, 2.75) is 44.2 Å². The predicted molar refractivity (Wildman–Crippen MR) is 161 cm³/mol. The van der Waals surface area contributed by atoms with Crippen LogP contribution >= 0.6 is 11.6 Å². The SMILES string of the molecule is CC(=O)N1CC[C@@H](C(=O)N2CCC(O)(Cn3cnc4c(ccn4-c4cccc(Cl)c4)c3=O)CC2)[C@H](c2ccccc2)C1. The van der Waals surface area contributed by atoms with Gasteiger partial charge in [0.2, 0.25) is 11.8 Å². The molecule has 1 N–H and O–H groups in total. The number of fused-ring (bicyclic) bond motifs is 1. The average Bonchev–Trinajstić information content (AvgIpc) is 3.44. The summed E-state index contributed by atoms with van der Waals surface area (Å²) in [5.74, 6) is -0.217. The maximum absolute atomic E-state index is 13.8. The number of aliphatic hydroxyl groups is 1. The van der Waals surface area contributed by atoms with Crippen LogP contribution < -0.4 is 5.56 Å². The van der Waals surface area contributed by atoms with Crippen molar-refractivity contribution in [1.82, 2.24) is 23.9 Å². The minimum absolute atomic E-state index is 0.0221. The first-order valence-corrected chi connectivity index (χ1v) is 14.7. The van der Waals surface area contributed by atoms with Crippen LogP contribution in [0.25, 0.3) is 16.7 Å². The smallest absolute Gasteiger partial charge is 0.262 e. The second-order valence-electron chi connectivity index (χ2n) is 11.5. The molecule has 10 heteroatoms. The van der Waals surface area contributed by atoms with Gasteiger partial charge in [0.15, 0.2) is 5.65 Å². The fraction of sp³-hybridized carbons (Fsp3) is 0.375. The number of benzene rings is 2. The molecule has 2 amide bonds. The number of hydrogen-bond acceptors (Lipinski definition) is 5. The summed E-state index contributed by atoms with van der Waals surface area (Å²) in [6, 6.07) is 19.0. The van der Waals surface area contributed by atoms with Crippen LogP contribution in [0.3, 0.4) is 0 Å². The van der Waals surface area contributed by atoms with Gasteiger partial charge in [-0.15, -0.1) is 0 Å². The molecule has 0 unspecified atom stereocenters. The highest BCUT2D eigenvalue weighted by Crippen LogP contribution is 2.35. The molecular weight excluding hydrogens is 554 g/mol. The number of aromatic nitrogens is 3. The fourth-order valence-electron chi connectivity index (χ4n) is 6.43.